The maximum atomic E-state index is 11.9. The number of amides is 1. The SMILES string of the molecule is O=C(COc1ccc(CO)cc1Cl)N1CCCCC1. The van der Waals surface area contributed by atoms with Gasteiger partial charge in [0.05, 0.1) is 11.6 Å². The molecule has 0 radical (unpaired) electrons. The zero-order valence-corrected chi connectivity index (χ0v) is 11.5. The molecule has 1 saturated heterocycles. The van der Waals surface area contributed by atoms with E-state index in [0.29, 0.717) is 10.8 Å². The number of benzene rings is 1. The molecule has 1 aliphatic heterocycles. The van der Waals surface area contributed by atoms with E-state index in [1.165, 1.54) is 6.42 Å². The number of piperidine rings is 1. The van der Waals surface area contributed by atoms with Gasteiger partial charge in [-0.1, -0.05) is 17.7 Å². The zero-order valence-electron chi connectivity index (χ0n) is 10.8. The minimum Gasteiger partial charge on any atom is -0.482 e. The number of hydrogen-bond acceptors (Lipinski definition) is 3. The van der Waals surface area contributed by atoms with Gasteiger partial charge in [0.1, 0.15) is 5.75 Å². The second-order valence-corrected chi connectivity index (χ2v) is 5.06. The lowest BCUT2D eigenvalue weighted by Crippen LogP contribution is -2.38. The molecule has 1 aliphatic rings. The molecule has 0 atom stereocenters. The van der Waals surface area contributed by atoms with Crippen LogP contribution in [0, 0.1) is 0 Å². The zero-order chi connectivity index (χ0) is 13.7. The molecule has 0 bridgehead atoms. The number of aliphatic hydroxyl groups excluding tert-OH is 1. The standard InChI is InChI=1S/C14H18ClNO3/c15-12-8-11(9-17)4-5-13(12)19-10-14(18)16-6-2-1-3-7-16/h4-5,8,17H,1-3,6-7,9-10H2. The van der Waals surface area contributed by atoms with Crippen molar-refractivity contribution >= 4 is 17.5 Å². The monoisotopic (exact) mass is 283 g/mol. The molecule has 1 N–H and O–H groups in total. The highest BCUT2D eigenvalue weighted by atomic mass is 35.5. The summed E-state index contributed by atoms with van der Waals surface area (Å²) in [5.41, 5.74) is 0.722. The van der Waals surface area contributed by atoms with Crippen LogP contribution >= 0.6 is 11.6 Å². The Labute approximate surface area is 117 Å². The van der Waals surface area contributed by atoms with E-state index in [1.807, 2.05) is 4.90 Å². The summed E-state index contributed by atoms with van der Waals surface area (Å²) >= 11 is 6.02. The first-order valence-electron chi connectivity index (χ1n) is 6.50. The van der Waals surface area contributed by atoms with Gasteiger partial charge in [0.15, 0.2) is 6.61 Å². The molecule has 0 aliphatic carbocycles. The van der Waals surface area contributed by atoms with Crippen molar-refractivity contribution < 1.29 is 14.6 Å². The summed E-state index contributed by atoms with van der Waals surface area (Å²) in [7, 11) is 0. The van der Waals surface area contributed by atoms with Crippen LogP contribution in [0.1, 0.15) is 24.8 Å². The van der Waals surface area contributed by atoms with Crippen LogP contribution < -0.4 is 4.74 Å². The molecule has 1 aromatic carbocycles. The molecule has 0 aromatic heterocycles. The van der Waals surface area contributed by atoms with Crippen LogP contribution in [0.15, 0.2) is 18.2 Å². The fourth-order valence-corrected chi connectivity index (χ4v) is 2.39. The van der Waals surface area contributed by atoms with Gasteiger partial charge in [0, 0.05) is 13.1 Å². The van der Waals surface area contributed by atoms with Crippen molar-refractivity contribution in [1.82, 2.24) is 4.90 Å². The average Bonchev–Trinajstić information content (AvgIpc) is 2.46. The Balaban J connectivity index is 1.89. The van der Waals surface area contributed by atoms with Crippen molar-refractivity contribution in [2.75, 3.05) is 19.7 Å². The number of carbonyl (C=O) groups excluding carboxylic acids is 1. The fraction of sp³-hybridized carbons (Fsp3) is 0.500. The van der Waals surface area contributed by atoms with E-state index in [4.69, 9.17) is 21.4 Å². The second kappa shape index (κ2) is 6.78. The van der Waals surface area contributed by atoms with Gasteiger partial charge in [-0.15, -0.1) is 0 Å². The number of likely N-dealkylation sites (tertiary alicyclic amines) is 1. The molecular weight excluding hydrogens is 266 g/mol. The fourth-order valence-electron chi connectivity index (χ4n) is 2.13. The number of rotatable bonds is 4. The summed E-state index contributed by atoms with van der Waals surface area (Å²) < 4.78 is 5.45. The van der Waals surface area contributed by atoms with Crippen molar-refractivity contribution in [1.29, 1.82) is 0 Å². The van der Waals surface area contributed by atoms with Crippen molar-refractivity contribution in [3.05, 3.63) is 28.8 Å². The molecule has 4 nitrogen and oxygen atoms in total. The molecule has 0 unspecified atom stereocenters. The summed E-state index contributed by atoms with van der Waals surface area (Å²) in [6, 6.07) is 5.05. The van der Waals surface area contributed by atoms with E-state index < -0.39 is 0 Å². The summed E-state index contributed by atoms with van der Waals surface area (Å²) in [5.74, 6) is 0.478. The molecule has 19 heavy (non-hydrogen) atoms. The molecule has 1 fully saturated rings. The van der Waals surface area contributed by atoms with Gasteiger partial charge >= 0.3 is 0 Å². The van der Waals surface area contributed by atoms with Gasteiger partial charge in [0.2, 0.25) is 0 Å². The molecular formula is C14H18ClNO3. The summed E-state index contributed by atoms with van der Waals surface area (Å²) in [6.07, 6.45) is 3.33. The number of aliphatic hydroxyl groups is 1. The normalized spacial score (nSPS) is 15.4. The van der Waals surface area contributed by atoms with E-state index in [1.54, 1.807) is 18.2 Å². The second-order valence-electron chi connectivity index (χ2n) is 4.65. The van der Waals surface area contributed by atoms with Crippen LogP contribution in [-0.4, -0.2) is 35.6 Å². The molecule has 0 spiro atoms. The van der Waals surface area contributed by atoms with Gasteiger partial charge < -0.3 is 14.7 Å². The topological polar surface area (TPSA) is 49.8 Å². The average molecular weight is 284 g/mol. The summed E-state index contributed by atoms with van der Waals surface area (Å²) in [6.45, 7) is 1.59. The maximum Gasteiger partial charge on any atom is 0.260 e. The summed E-state index contributed by atoms with van der Waals surface area (Å²) in [5, 5.41) is 9.40. The summed E-state index contributed by atoms with van der Waals surface area (Å²) in [4.78, 5) is 13.8. The lowest BCUT2D eigenvalue weighted by Gasteiger charge is -2.26. The highest BCUT2D eigenvalue weighted by Crippen LogP contribution is 2.25. The van der Waals surface area contributed by atoms with Gasteiger partial charge in [-0.05, 0) is 37.0 Å². The van der Waals surface area contributed by atoms with E-state index in [2.05, 4.69) is 0 Å². The number of halogens is 1. The number of hydrogen-bond donors (Lipinski definition) is 1. The van der Waals surface area contributed by atoms with E-state index in [0.717, 1.165) is 31.5 Å². The van der Waals surface area contributed by atoms with Gasteiger partial charge in [0.25, 0.3) is 5.91 Å². The number of carbonyl (C=O) groups is 1. The Kier molecular flexibility index (Phi) is 5.05. The van der Waals surface area contributed by atoms with Crippen LogP contribution in [0.2, 0.25) is 5.02 Å². The van der Waals surface area contributed by atoms with Crippen LogP contribution in [0.3, 0.4) is 0 Å². The third-order valence-corrected chi connectivity index (χ3v) is 3.53. The predicted molar refractivity (Wildman–Crippen MR) is 73.3 cm³/mol. The highest BCUT2D eigenvalue weighted by molar-refractivity contribution is 6.32. The molecule has 0 saturated carbocycles. The smallest absolute Gasteiger partial charge is 0.260 e. The highest BCUT2D eigenvalue weighted by Gasteiger charge is 2.17. The molecule has 1 heterocycles. The van der Waals surface area contributed by atoms with Gasteiger partial charge in [-0.3, -0.25) is 4.79 Å². The predicted octanol–water partition coefficient (Wildman–Crippen LogP) is 2.22. The minimum absolute atomic E-state index is 0.00185. The lowest BCUT2D eigenvalue weighted by molar-refractivity contribution is -0.134. The number of nitrogens with zero attached hydrogens (tertiary/aromatic N) is 1. The maximum absolute atomic E-state index is 11.9. The largest absolute Gasteiger partial charge is 0.482 e. The Bertz CT molecular complexity index is 444. The Morgan fingerprint density at radius 2 is 2.05 bits per heavy atom. The van der Waals surface area contributed by atoms with Crippen LogP contribution in [0.5, 0.6) is 5.75 Å². The molecule has 1 aromatic rings. The molecule has 5 heteroatoms. The quantitative estimate of drug-likeness (QED) is 0.922. The van der Waals surface area contributed by atoms with Gasteiger partial charge in [-0.2, -0.15) is 0 Å². The molecule has 1 amide bonds. The third kappa shape index (κ3) is 3.85. The Hall–Kier alpha value is -1.26. The molecule has 2 rings (SSSR count). The van der Waals surface area contributed by atoms with Gasteiger partial charge in [-0.25, -0.2) is 0 Å². The Morgan fingerprint density at radius 1 is 1.32 bits per heavy atom. The first-order valence-corrected chi connectivity index (χ1v) is 6.88. The lowest BCUT2D eigenvalue weighted by atomic mass is 10.1. The minimum atomic E-state index is -0.0628. The van der Waals surface area contributed by atoms with Crippen molar-refractivity contribution in [2.24, 2.45) is 0 Å². The van der Waals surface area contributed by atoms with Crippen molar-refractivity contribution in [3.8, 4) is 5.75 Å². The third-order valence-electron chi connectivity index (χ3n) is 3.24. The first kappa shape index (κ1) is 14.2. The van der Waals surface area contributed by atoms with Crippen LogP contribution in [-0.2, 0) is 11.4 Å². The van der Waals surface area contributed by atoms with Crippen molar-refractivity contribution in [2.45, 2.75) is 25.9 Å². The van der Waals surface area contributed by atoms with Crippen LogP contribution in [0.4, 0.5) is 0 Å². The van der Waals surface area contributed by atoms with Crippen LogP contribution in [0.25, 0.3) is 0 Å². The number of ether oxygens (including phenoxy) is 1. The first-order chi connectivity index (χ1) is 9.20. The Morgan fingerprint density at radius 3 is 2.68 bits per heavy atom. The van der Waals surface area contributed by atoms with E-state index in [9.17, 15) is 4.79 Å². The van der Waals surface area contributed by atoms with Crippen molar-refractivity contribution in [3.63, 3.8) is 0 Å². The molecule has 104 valence electrons. The van der Waals surface area contributed by atoms with E-state index >= 15 is 0 Å². The van der Waals surface area contributed by atoms with E-state index in [-0.39, 0.29) is 19.1 Å².